The number of hydrogen-bond donors (Lipinski definition) is 1. The Morgan fingerprint density at radius 3 is 2.29 bits per heavy atom. The summed E-state index contributed by atoms with van der Waals surface area (Å²) in [5.74, 6) is 1.29. The van der Waals surface area contributed by atoms with Crippen LogP contribution in [0.3, 0.4) is 0 Å². The van der Waals surface area contributed by atoms with Crippen LogP contribution in [0, 0.1) is 16.7 Å². The number of carbonyl (C=O) groups excluding carboxylic acids is 2. The van der Waals surface area contributed by atoms with Gasteiger partial charge < -0.3 is 19.7 Å². The van der Waals surface area contributed by atoms with Crippen molar-refractivity contribution in [3.8, 4) is 28.7 Å². The maximum absolute atomic E-state index is 13.3. The van der Waals surface area contributed by atoms with E-state index in [9.17, 15) is 9.59 Å². The van der Waals surface area contributed by atoms with Crippen LogP contribution in [0.15, 0.2) is 84.4 Å². The molecule has 5 rings (SSSR count). The second kappa shape index (κ2) is 10.8. The Morgan fingerprint density at radius 1 is 1.00 bits per heavy atom. The molecule has 192 valence electrons. The minimum Gasteiger partial charge on any atom is -0.497 e. The van der Waals surface area contributed by atoms with E-state index in [4.69, 9.17) is 14.7 Å². The number of hydrogen-bond acceptors (Lipinski definition) is 5. The maximum Gasteiger partial charge on any atom is 0.253 e. The van der Waals surface area contributed by atoms with Gasteiger partial charge in [-0.2, -0.15) is 5.26 Å². The predicted octanol–water partition coefficient (Wildman–Crippen LogP) is 4.59. The van der Waals surface area contributed by atoms with Gasteiger partial charge in [-0.15, -0.1) is 0 Å². The predicted molar refractivity (Wildman–Crippen MR) is 144 cm³/mol. The highest BCUT2D eigenvalue weighted by Crippen LogP contribution is 2.41. The number of rotatable bonds is 7. The van der Waals surface area contributed by atoms with Crippen LogP contribution >= 0.6 is 0 Å². The summed E-state index contributed by atoms with van der Waals surface area (Å²) in [4.78, 5) is 27.4. The first-order chi connectivity index (χ1) is 18.5. The fourth-order valence-electron chi connectivity index (χ4n) is 5.16. The quantitative estimate of drug-likeness (QED) is 0.505. The summed E-state index contributed by atoms with van der Waals surface area (Å²) in [6.45, 7) is 2.03. The average molecular weight is 508 g/mol. The molecule has 3 aromatic carbocycles. The van der Waals surface area contributed by atoms with Gasteiger partial charge in [0.1, 0.15) is 11.5 Å². The summed E-state index contributed by atoms with van der Waals surface area (Å²) in [7, 11) is 1.60. The zero-order valence-corrected chi connectivity index (χ0v) is 21.3. The van der Waals surface area contributed by atoms with E-state index in [1.807, 2.05) is 41.3 Å². The standard InChI is InChI=1S/C31H29N3O4/c1-37-27-10-8-25(9-11-27)30(36)34-17-15-31(20-34,26-14-16-33-29(35)18-26)21-38-28-12-6-24(7-13-28)23-4-2-22(19-32)3-5-23/h2-13,18H,14-17,20-21H2,1H3,(H,33,35). The topological polar surface area (TPSA) is 91.7 Å². The van der Waals surface area contributed by atoms with E-state index in [0.29, 0.717) is 43.1 Å². The Hall–Kier alpha value is -4.57. The Bertz CT molecular complexity index is 1390. The summed E-state index contributed by atoms with van der Waals surface area (Å²) >= 11 is 0. The molecule has 0 aromatic heterocycles. The lowest BCUT2D eigenvalue weighted by Crippen LogP contribution is -2.40. The zero-order valence-electron chi connectivity index (χ0n) is 21.3. The van der Waals surface area contributed by atoms with Gasteiger partial charge in [-0.1, -0.05) is 29.8 Å². The van der Waals surface area contributed by atoms with Crippen LogP contribution in [0.4, 0.5) is 0 Å². The molecular weight excluding hydrogens is 478 g/mol. The zero-order chi connectivity index (χ0) is 26.5. The first-order valence-corrected chi connectivity index (χ1v) is 12.7. The number of ether oxygens (including phenoxy) is 2. The molecule has 2 aliphatic heterocycles. The van der Waals surface area contributed by atoms with Crippen LogP contribution in [0.5, 0.6) is 11.5 Å². The highest BCUT2D eigenvalue weighted by atomic mass is 16.5. The molecule has 1 fully saturated rings. The van der Waals surface area contributed by atoms with E-state index in [2.05, 4.69) is 11.4 Å². The van der Waals surface area contributed by atoms with Crippen LogP contribution < -0.4 is 14.8 Å². The molecule has 1 atom stereocenters. The van der Waals surface area contributed by atoms with Crippen LogP contribution in [-0.4, -0.2) is 50.1 Å². The molecule has 0 spiro atoms. The molecule has 1 saturated heterocycles. The monoisotopic (exact) mass is 507 g/mol. The van der Waals surface area contributed by atoms with E-state index in [1.165, 1.54) is 0 Å². The summed E-state index contributed by atoms with van der Waals surface area (Å²) in [5.41, 5.74) is 3.87. The Balaban J connectivity index is 1.33. The van der Waals surface area contributed by atoms with Gasteiger partial charge in [0, 0.05) is 36.7 Å². The van der Waals surface area contributed by atoms with Gasteiger partial charge in [-0.05, 0) is 72.5 Å². The molecule has 2 aliphatic rings. The molecule has 1 unspecified atom stereocenters. The van der Waals surface area contributed by atoms with Crippen molar-refractivity contribution in [1.29, 1.82) is 5.26 Å². The molecule has 2 heterocycles. The van der Waals surface area contributed by atoms with Crippen LogP contribution in [0.1, 0.15) is 28.8 Å². The van der Waals surface area contributed by atoms with Gasteiger partial charge in [-0.3, -0.25) is 9.59 Å². The van der Waals surface area contributed by atoms with Gasteiger partial charge in [0.25, 0.3) is 5.91 Å². The van der Waals surface area contributed by atoms with Crippen LogP contribution in [0.25, 0.3) is 11.1 Å². The van der Waals surface area contributed by atoms with Crippen molar-refractivity contribution in [2.24, 2.45) is 5.41 Å². The van der Waals surface area contributed by atoms with Crippen LogP contribution in [-0.2, 0) is 4.79 Å². The second-order valence-electron chi connectivity index (χ2n) is 9.70. The third-order valence-electron chi connectivity index (χ3n) is 7.37. The summed E-state index contributed by atoms with van der Waals surface area (Å²) < 4.78 is 11.5. The lowest BCUT2D eigenvalue weighted by molar-refractivity contribution is -0.116. The molecule has 0 bridgehead atoms. The fraction of sp³-hybridized carbons (Fsp3) is 0.258. The average Bonchev–Trinajstić information content (AvgIpc) is 3.42. The minimum absolute atomic E-state index is 0.0397. The number of nitriles is 1. The Kier molecular flexibility index (Phi) is 7.14. The van der Waals surface area contributed by atoms with Crippen molar-refractivity contribution in [3.63, 3.8) is 0 Å². The fourth-order valence-corrected chi connectivity index (χ4v) is 5.16. The van der Waals surface area contributed by atoms with Gasteiger partial charge >= 0.3 is 0 Å². The number of likely N-dealkylation sites (tertiary alicyclic amines) is 1. The first-order valence-electron chi connectivity index (χ1n) is 12.7. The molecule has 7 heteroatoms. The summed E-state index contributed by atoms with van der Waals surface area (Å²) in [6, 6.07) is 24.6. The summed E-state index contributed by atoms with van der Waals surface area (Å²) in [6.07, 6.45) is 3.14. The third kappa shape index (κ3) is 5.25. The molecule has 0 aliphatic carbocycles. The van der Waals surface area contributed by atoms with E-state index >= 15 is 0 Å². The number of benzene rings is 3. The molecule has 0 radical (unpaired) electrons. The van der Waals surface area contributed by atoms with Gasteiger partial charge in [0.2, 0.25) is 5.91 Å². The van der Waals surface area contributed by atoms with E-state index in [1.54, 1.807) is 49.6 Å². The Morgan fingerprint density at radius 2 is 1.66 bits per heavy atom. The smallest absolute Gasteiger partial charge is 0.253 e. The SMILES string of the molecule is COc1ccc(C(=O)N2CCC(COc3ccc(-c4ccc(C#N)cc4)cc3)(C3=CC(=O)NCC3)C2)cc1. The van der Waals surface area contributed by atoms with Crippen LogP contribution in [0.2, 0.25) is 0 Å². The van der Waals surface area contributed by atoms with E-state index in [-0.39, 0.29) is 11.8 Å². The molecule has 3 aromatic rings. The molecule has 2 amide bonds. The molecule has 7 nitrogen and oxygen atoms in total. The Labute approximate surface area is 222 Å². The lowest BCUT2D eigenvalue weighted by atomic mass is 9.77. The third-order valence-corrected chi connectivity index (χ3v) is 7.37. The van der Waals surface area contributed by atoms with Gasteiger partial charge in [0.05, 0.1) is 25.3 Å². The normalized spacial score (nSPS) is 18.8. The number of amides is 2. The number of carbonyl (C=O) groups is 2. The van der Waals surface area contributed by atoms with Crippen molar-refractivity contribution in [3.05, 3.63) is 95.6 Å². The summed E-state index contributed by atoms with van der Waals surface area (Å²) in [5, 5.41) is 11.9. The van der Waals surface area contributed by atoms with Crippen molar-refractivity contribution in [1.82, 2.24) is 10.2 Å². The number of nitrogens with one attached hydrogen (secondary N) is 1. The molecule has 0 saturated carbocycles. The van der Waals surface area contributed by atoms with Crippen molar-refractivity contribution >= 4 is 11.8 Å². The van der Waals surface area contributed by atoms with Gasteiger partial charge in [-0.25, -0.2) is 0 Å². The van der Waals surface area contributed by atoms with Crippen molar-refractivity contribution < 1.29 is 19.1 Å². The molecular formula is C31H29N3O4. The van der Waals surface area contributed by atoms with E-state index in [0.717, 1.165) is 35.3 Å². The number of nitrogens with zero attached hydrogens (tertiary/aromatic N) is 2. The second-order valence-corrected chi connectivity index (χ2v) is 9.70. The molecule has 38 heavy (non-hydrogen) atoms. The van der Waals surface area contributed by atoms with Gasteiger partial charge in [0.15, 0.2) is 0 Å². The molecule has 1 N–H and O–H groups in total. The van der Waals surface area contributed by atoms with Crippen molar-refractivity contribution in [2.45, 2.75) is 12.8 Å². The number of methoxy groups -OCH3 is 1. The van der Waals surface area contributed by atoms with Crippen molar-refractivity contribution in [2.75, 3.05) is 33.4 Å². The highest BCUT2D eigenvalue weighted by Gasteiger charge is 2.44. The lowest BCUT2D eigenvalue weighted by Gasteiger charge is -2.34. The first kappa shape index (κ1) is 25.1. The maximum atomic E-state index is 13.3. The largest absolute Gasteiger partial charge is 0.497 e. The highest BCUT2D eigenvalue weighted by molar-refractivity contribution is 5.94. The van der Waals surface area contributed by atoms with E-state index < -0.39 is 5.41 Å². The minimum atomic E-state index is -0.439.